The third kappa shape index (κ3) is 6.01. The summed E-state index contributed by atoms with van der Waals surface area (Å²) >= 11 is 0. The monoisotopic (exact) mass is 473 g/mol. The van der Waals surface area contributed by atoms with Crippen LogP contribution in [0.5, 0.6) is 5.75 Å². The topological polar surface area (TPSA) is 84.9 Å². The molecular weight excluding hydrogens is 442 g/mol. The quantitative estimate of drug-likeness (QED) is 0.433. The number of benzene rings is 3. The number of hydrogen-bond donors (Lipinski definition) is 2. The number of fused-ring (bicyclic) bond motifs is 3. The molecule has 3 aromatic carbocycles. The van der Waals surface area contributed by atoms with Crippen molar-refractivity contribution in [3.8, 4) is 16.9 Å². The fraction of sp³-hybridized carbons (Fsp3) is 0.310. The number of aryl methyl sites for hydroxylation is 1. The summed E-state index contributed by atoms with van der Waals surface area (Å²) in [7, 11) is 0. The van der Waals surface area contributed by atoms with E-state index in [2.05, 4.69) is 17.4 Å². The van der Waals surface area contributed by atoms with Crippen molar-refractivity contribution < 1.29 is 24.2 Å². The fourth-order valence-corrected chi connectivity index (χ4v) is 4.47. The van der Waals surface area contributed by atoms with E-state index in [1.165, 1.54) is 0 Å². The summed E-state index contributed by atoms with van der Waals surface area (Å²) < 4.78 is 11.4. The first-order chi connectivity index (χ1) is 16.7. The number of carbonyl (C=O) groups excluding carboxylic acids is 1. The van der Waals surface area contributed by atoms with E-state index in [1.54, 1.807) is 0 Å². The van der Waals surface area contributed by atoms with E-state index >= 15 is 0 Å². The summed E-state index contributed by atoms with van der Waals surface area (Å²) in [5.41, 5.74) is 5.10. The normalized spacial score (nSPS) is 13.5. The van der Waals surface area contributed by atoms with Crippen molar-refractivity contribution in [1.29, 1.82) is 0 Å². The molecule has 0 aliphatic heterocycles. The highest BCUT2D eigenvalue weighted by Gasteiger charge is 2.29. The van der Waals surface area contributed by atoms with Gasteiger partial charge in [0.25, 0.3) is 0 Å². The van der Waals surface area contributed by atoms with Crippen molar-refractivity contribution >= 4 is 12.1 Å². The van der Waals surface area contributed by atoms with Gasteiger partial charge in [-0.2, -0.15) is 0 Å². The van der Waals surface area contributed by atoms with Gasteiger partial charge >= 0.3 is 12.1 Å². The van der Waals surface area contributed by atoms with Gasteiger partial charge in [0.2, 0.25) is 0 Å². The number of nitrogens with one attached hydrogen (secondary N) is 1. The highest BCUT2D eigenvalue weighted by Crippen LogP contribution is 2.44. The van der Waals surface area contributed by atoms with Crippen molar-refractivity contribution in [3.05, 3.63) is 89.5 Å². The highest BCUT2D eigenvalue weighted by molar-refractivity contribution is 5.81. The Hall–Kier alpha value is -3.80. The van der Waals surface area contributed by atoms with Gasteiger partial charge in [-0.15, -0.1) is 0 Å². The number of carbonyl (C=O) groups is 2. The minimum Gasteiger partial charge on any atom is -0.488 e. The molecule has 1 atom stereocenters. The van der Waals surface area contributed by atoms with Crippen molar-refractivity contribution in [2.24, 2.45) is 0 Å². The molecule has 182 valence electrons. The van der Waals surface area contributed by atoms with E-state index in [1.807, 2.05) is 81.4 Å². The molecule has 0 spiro atoms. The first-order valence-corrected chi connectivity index (χ1v) is 11.8. The van der Waals surface area contributed by atoms with Crippen LogP contribution in [0.1, 0.15) is 49.8 Å². The molecule has 3 aromatic rings. The van der Waals surface area contributed by atoms with Gasteiger partial charge in [0.15, 0.2) is 0 Å². The lowest BCUT2D eigenvalue weighted by Crippen LogP contribution is -2.41. The van der Waals surface area contributed by atoms with Gasteiger partial charge in [-0.25, -0.2) is 9.59 Å². The number of rotatable bonds is 8. The second kappa shape index (κ2) is 10.2. The van der Waals surface area contributed by atoms with Gasteiger partial charge in [-0.05, 0) is 73.6 Å². The highest BCUT2D eigenvalue weighted by atomic mass is 16.5. The van der Waals surface area contributed by atoms with Gasteiger partial charge in [-0.3, -0.25) is 0 Å². The maximum atomic E-state index is 12.5. The van der Waals surface area contributed by atoms with E-state index in [0.717, 1.165) is 33.6 Å². The molecular formula is C29H31NO5. The van der Waals surface area contributed by atoms with Crippen LogP contribution in [0.4, 0.5) is 4.79 Å². The Balaban J connectivity index is 1.36. The summed E-state index contributed by atoms with van der Waals surface area (Å²) in [6, 6.07) is 22.7. The molecule has 0 saturated heterocycles. The Bertz CT molecular complexity index is 1170. The average Bonchev–Trinajstić information content (AvgIpc) is 3.13. The third-order valence-electron chi connectivity index (χ3n) is 5.98. The SMILES string of the molecule is CC(C)(C)Oc1cccc(CC[C@H](NC(=O)OCC2c3ccccc3-c3ccccc32)C(=O)O)c1. The number of carboxylic acid groups (broad SMARTS) is 1. The molecule has 0 fully saturated rings. The van der Waals surface area contributed by atoms with Crippen LogP contribution in [0.15, 0.2) is 72.8 Å². The van der Waals surface area contributed by atoms with Crippen LogP contribution in [0, 0.1) is 0 Å². The number of ether oxygens (including phenoxy) is 2. The molecule has 6 nitrogen and oxygen atoms in total. The molecule has 1 aliphatic carbocycles. The van der Waals surface area contributed by atoms with Crippen LogP contribution in [0.25, 0.3) is 11.1 Å². The number of amides is 1. The predicted octanol–water partition coefficient (Wildman–Crippen LogP) is 5.79. The Morgan fingerprint density at radius 3 is 2.17 bits per heavy atom. The summed E-state index contributed by atoms with van der Waals surface area (Å²) in [4.78, 5) is 24.3. The summed E-state index contributed by atoms with van der Waals surface area (Å²) in [5.74, 6) is -0.450. The van der Waals surface area contributed by atoms with Gasteiger partial charge in [0.1, 0.15) is 24.0 Å². The molecule has 0 radical (unpaired) electrons. The van der Waals surface area contributed by atoms with Crippen LogP contribution in [-0.2, 0) is 16.0 Å². The Morgan fingerprint density at radius 2 is 1.57 bits per heavy atom. The average molecular weight is 474 g/mol. The van der Waals surface area contributed by atoms with Gasteiger partial charge in [-0.1, -0.05) is 60.7 Å². The summed E-state index contributed by atoms with van der Waals surface area (Å²) in [6.07, 6.45) is -0.0235. The standard InChI is InChI=1S/C29H31NO5/c1-29(2,3)35-20-10-8-9-19(17-20)15-16-26(27(31)32)30-28(33)34-18-25-23-13-6-4-11-21(23)22-12-5-7-14-24(22)25/h4-14,17,25-26H,15-16,18H2,1-3H3,(H,30,33)(H,31,32)/t26-/m0/s1. The number of carboxylic acids is 1. The van der Waals surface area contributed by atoms with Gasteiger partial charge in [0, 0.05) is 5.92 Å². The minimum absolute atomic E-state index is 0.0815. The molecule has 4 rings (SSSR count). The molecule has 6 heteroatoms. The summed E-state index contributed by atoms with van der Waals surface area (Å²) in [5, 5.41) is 12.2. The Labute approximate surface area is 205 Å². The van der Waals surface area contributed by atoms with E-state index < -0.39 is 18.1 Å². The van der Waals surface area contributed by atoms with Gasteiger partial charge < -0.3 is 19.9 Å². The van der Waals surface area contributed by atoms with Crippen LogP contribution in [-0.4, -0.2) is 35.4 Å². The second-order valence-electron chi connectivity index (χ2n) is 9.76. The molecule has 0 saturated carbocycles. The number of alkyl carbamates (subject to hydrolysis) is 1. The maximum Gasteiger partial charge on any atom is 0.407 e. The van der Waals surface area contributed by atoms with Crippen LogP contribution < -0.4 is 10.1 Å². The van der Waals surface area contributed by atoms with E-state index in [-0.39, 0.29) is 24.5 Å². The van der Waals surface area contributed by atoms with Crippen molar-refractivity contribution in [3.63, 3.8) is 0 Å². The van der Waals surface area contributed by atoms with Crippen LogP contribution >= 0.6 is 0 Å². The Morgan fingerprint density at radius 1 is 0.943 bits per heavy atom. The van der Waals surface area contributed by atoms with E-state index in [4.69, 9.17) is 9.47 Å². The molecule has 1 aliphatic rings. The lowest BCUT2D eigenvalue weighted by Gasteiger charge is -2.21. The van der Waals surface area contributed by atoms with Crippen molar-refractivity contribution in [2.45, 2.75) is 51.2 Å². The molecule has 0 bridgehead atoms. The fourth-order valence-electron chi connectivity index (χ4n) is 4.47. The van der Waals surface area contributed by atoms with Crippen LogP contribution in [0.2, 0.25) is 0 Å². The smallest absolute Gasteiger partial charge is 0.407 e. The minimum atomic E-state index is -1.10. The van der Waals surface area contributed by atoms with E-state index in [0.29, 0.717) is 6.42 Å². The molecule has 35 heavy (non-hydrogen) atoms. The zero-order chi connectivity index (χ0) is 25.0. The van der Waals surface area contributed by atoms with Gasteiger partial charge in [0.05, 0.1) is 0 Å². The first kappa shape index (κ1) is 24.3. The lowest BCUT2D eigenvalue weighted by molar-refractivity contribution is -0.139. The Kier molecular flexibility index (Phi) is 7.10. The van der Waals surface area contributed by atoms with Crippen LogP contribution in [0.3, 0.4) is 0 Å². The first-order valence-electron chi connectivity index (χ1n) is 11.8. The zero-order valence-electron chi connectivity index (χ0n) is 20.3. The molecule has 1 amide bonds. The largest absolute Gasteiger partial charge is 0.488 e. The second-order valence-corrected chi connectivity index (χ2v) is 9.76. The van der Waals surface area contributed by atoms with Crippen molar-refractivity contribution in [2.75, 3.05) is 6.61 Å². The zero-order valence-corrected chi connectivity index (χ0v) is 20.3. The summed E-state index contributed by atoms with van der Waals surface area (Å²) in [6.45, 7) is 6.05. The van der Waals surface area contributed by atoms with Crippen molar-refractivity contribution in [1.82, 2.24) is 5.32 Å². The number of aliphatic carboxylic acids is 1. The van der Waals surface area contributed by atoms with E-state index in [9.17, 15) is 14.7 Å². The lowest BCUT2D eigenvalue weighted by atomic mass is 9.98. The third-order valence-corrected chi connectivity index (χ3v) is 5.98. The molecule has 0 unspecified atom stereocenters. The predicted molar refractivity (Wildman–Crippen MR) is 135 cm³/mol. The molecule has 0 aromatic heterocycles. The molecule has 0 heterocycles. The number of hydrogen-bond acceptors (Lipinski definition) is 4. The maximum absolute atomic E-state index is 12.5. The molecule has 2 N–H and O–H groups in total.